The molecule has 0 bridgehead atoms. The third-order valence-electron chi connectivity index (χ3n) is 6.96. The number of hydrogen-bond acceptors (Lipinski definition) is 4. The molecule has 0 radical (unpaired) electrons. The number of piperidine rings is 2. The molecule has 0 spiro atoms. The summed E-state index contributed by atoms with van der Waals surface area (Å²) >= 11 is 0. The number of nitrogens with zero attached hydrogens (tertiary/aromatic N) is 2. The third kappa shape index (κ3) is 5.07. The molecule has 1 amide bonds. The van der Waals surface area contributed by atoms with Crippen molar-refractivity contribution in [3.05, 3.63) is 0 Å². The van der Waals surface area contributed by atoms with Gasteiger partial charge < -0.3 is 14.5 Å². The van der Waals surface area contributed by atoms with E-state index in [4.69, 9.17) is 4.74 Å². The van der Waals surface area contributed by atoms with E-state index in [2.05, 4.69) is 9.80 Å². The summed E-state index contributed by atoms with van der Waals surface area (Å²) in [7, 11) is 1.82. The fourth-order valence-electron chi connectivity index (χ4n) is 5.03. The summed E-state index contributed by atoms with van der Waals surface area (Å²) in [6, 6.07) is 0. The fourth-order valence-corrected chi connectivity index (χ4v) is 5.03. The minimum atomic E-state index is 0.162. The monoisotopic (exact) mass is 364 g/mol. The number of rotatable bonds is 5. The van der Waals surface area contributed by atoms with E-state index < -0.39 is 0 Å². The Morgan fingerprint density at radius 1 is 0.846 bits per heavy atom. The lowest BCUT2D eigenvalue weighted by Crippen LogP contribution is -2.46. The standard InChI is InChI=1S/C21H36N2O3/c1-16(24)18-3-5-19(6-4-18)21(25)23-13-7-17(8-14-23)15-22-11-9-20(26-2)10-12-22/h17-20H,3-15H2,1-2H3. The molecule has 148 valence electrons. The van der Waals surface area contributed by atoms with Crippen LogP contribution in [0.4, 0.5) is 0 Å². The Morgan fingerprint density at radius 2 is 1.42 bits per heavy atom. The van der Waals surface area contributed by atoms with Gasteiger partial charge in [0.15, 0.2) is 0 Å². The van der Waals surface area contributed by atoms with Gasteiger partial charge in [0.1, 0.15) is 5.78 Å². The van der Waals surface area contributed by atoms with Crippen molar-refractivity contribution in [2.75, 3.05) is 39.8 Å². The maximum absolute atomic E-state index is 12.8. The molecule has 0 unspecified atom stereocenters. The van der Waals surface area contributed by atoms with Gasteiger partial charge in [0, 0.05) is 51.7 Å². The summed E-state index contributed by atoms with van der Waals surface area (Å²) in [5, 5.41) is 0. The van der Waals surface area contributed by atoms with Crippen LogP contribution in [0.15, 0.2) is 0 Å². The summed E-state index contributed by atoms with van der Waals surface area (Å²) in [6.07, 6.45) is 8.63. The van der Waals surface area contributed by atoms with Crippen LogP contribution in [0, 0.1) is 17.8 Å². The molecule has 3 aliphatic rings. The van der Waals surface area contributed by atoms with Gasteiger partial charge in [0.05, 0.1) is 6.10 Å². The summed E-state index contributed by atoms with van der Waals surface area (Å²) in [6.45, 7) is 7.01. The zero-order chi connectivity index (χ0) is 18.5. The van der Waals surface area contributed by atoms with Crippen LogP contribution in [-0.2, 0) is 14.3 Å². The van der Waals surface area contributed by atoms with Crippen molar-refractivity contribution in [1.29, 1.82) is 0 Å². The largest absolute Gasteiger partial charge is 0.381 e. The molecule has 5 heteroatoms. The highest BCUT2D eigenvalue weighted by atomic mass is 16.5. The number of Topliss-reactive ketones (excluding diaryl/α,β-unsaturated/α-hetero) is 1. The minimum Gasteiger partial charge on any atom is -0.381 e. The van der Waals surface area contributed by atoms with E-state index in [9.17, 15) is 9.59 Å². The number of amides is 1. The molecule has 0 aromatic rings. The molecular formula is C21H36N2O3. The third-order valence-corrected chi connectivity index (χ3v) is 6.96. The molecule has 1 aliphatic carbocycles. The Balaban J connectivity index is 1.37. The van der Waals surface area contributed by atoms with Crippen molar-refractivity contribution in [3.8, 4) is 0 Å². The van der Waals surface area contributed by atoms with Crippen LogP contribution in [0.25, 0.3) is 0 Å². The van der Waals surface area contributed by atoms with Gasteiger partial charge in [0.25, 0.3) is 0 Å². The first-order valence-corrected chi connectivity index (χ1v) is 10.6. The average molecular weight is 365 g/mol. The van der Waals surface area contributed by atoms with Gasteiger partial charge in [-0.3, -0.25) is 9.59 Å². The second-order valence-corrected chi connectivity index (χ2v) is 8.66. The van der Waals surface area contributed by atoms with Crippen LogP contribution in [0.2, 0.25) is 0 Å². The number of ketones is 1. The summed E-state index contributed by atoms with van der Waals surface area (Å²) in [4.78, 5) is 29.0. The van der Waals surface area contributed by atoms with Crippen LogP contribution in [-0.4, -0.2) is 67.4 Å². The maximum atomic E-state index is 12.8. The number of methoxy groups -OCH3 is 1. The van der Waals surface area contributed by atoms with Gasteiger partial charge in [-0.15, -0.1) is 0 Å². The first kappa shape index (κ1) is 19.8. The first-order valence-electron chi connectivity index (χ1n) is 10.6. The lowest BCUT2D eigenvalue weighted by Gasteiger charge is -2.39. The van der Waals surface area contributed by atoms with E-state index in [0.717, 1.165) is 83.5 Å². The summed E-state index contributed by atoms with van der Waals surface area (Å²) in [5.74, 6) is 1.74. The predicted molar refractivity (Wildman–Crippen MR) is 102 cm³/mol. The van der Waals surface area contributed by atoms with Gasteiger partial charge in [-0.1, -0.05) is 0 Å². The van der Waals surface area contributed by atoms with Crippen LogP contribution < -0.4 is 0 Å². The zero-order valence-electron chi connectivity index (χ0n) is 16.6. The lowest BCUT2D eigenvalue weighted by atomic mass is 9.79. The van der Waals surface area contributed by atoms with Crippen molar-refractivity contribution in [3.63, 3.8) is 0 Å². The van der Waals surface area contributed by atoms with E-state index >= 15 is 0 Å². The van der Waals surface area contributed by atoms with Crippen molar-refractivity contribution >= 4 is 11.7 Å². The molecule has 2 aliphatic heterocycles. The molecule has 1 saturated carbocycles. The smallest absolute Gasteiger partial charge is 0.225 e. The van der Waals surface area contributed by atoms with Crippen LogP contribution in [0.5, 0.6) is 0 Å². The number of likely N-dealkylation sites (tertiary alicyclic amines) is 2. The highest BCUT2D eigenvalue weighted by Gasteiger charge is 2.33. The Morgan fingerprint density at radius 3 is 1.96 bits per heavy atom. The van der Waals surface area contributed by atoms with E-state index in [0.29, 0.717) is 17.8 Å². The molecule has 2 heterocycles. The lowest BCUT2D eigenvalue weighted by molar-refractivity contribution is -0.139. The second-order valence-electron chi connectivity index (χ2n) is 8.66. The Kier molecular flexibility index (Phi) is 7.10. The molecule has 0 N–H and O–H groups in total. The average Bonchev–Trinajstić information content (AvgIpc) is 2.69. The molecule has 3 fully saturated rings. The topological polar surface area (TPSA) is 49.9 Å². The number of ether oxygens (including phenoxy) is 1. The summed E-state index contributed by atoms with van der Waals surface area (Å²) in [5.41, 5.74) is 0. The van der Waals surface area contributed by atoms with Crippen LogP contribution in [0.1, 0.15) is 58.3 Å². The SMILES string of the molecule is COC1CCN(CC2CCN(C(=O)C3CCC(C(C)=O)CC3)CC2)CC1. The Hall–Kier alpha value is -0.940. The maximum Gasteiger partial charge on any atom is 0.225 e. The number of carbonyl (C=O) groups excluding carboxylic acids is 2. The molecule has 26 heavy (non-hydrogen) atoms. The van der Waals surface area contributed by atoms with Crippen LogP contribution >= 0.6 is 0 Å². The van der Waals surface area contributed by atoms with Gasteiger partial charge >= 0.3 is 0 Å². The second kappa shape index (κ2) is 9.32. The van der Waals surface area contributed by atoms with E-state index in [1.165, 1.54) is 6.54 Å². The van der Waals surface area contributed by atoms with Crippen molar-refractivity contribution < 1.29 is 14.3 Å². The summed E-state index contributed by atoms with van der Waals surface area (Å²) < 4.78 is 5.46. The zero-order valence-corrected chi connectivity index (χ0v) is 16.6. The molecular weight excluding hydrogens is 328 g/mol. The molecule has 0 aromatic carbocycles. The number of hydrogen-bond donors (Lipinski definition) is 0. The normalized spacial score (nSPS) is 29.7. The first-order chi connectivity index (χ1) is 12.6. The highest BCUT2D eigenvalue weighted by Crippen LogP contribution is 2.31. The van der Waals surface area contributed by atoms with Crippen LogP contribution in [0.3, 0.4) is 0 Å². The number of carbonyl (C=O) groups is 2. The van der Waals surface area contributed by atoms with E-state index in [1.54, 1.807) is 6.92 Å². The minimum absolute atomic E-state index is 0.162. The Labute approximate surface area is 158 Å². The molecule has 0 atom stereocenters. The highest BCUT2D eigenvalue weighted by molar-refractivity contribution is 5.81. The molecule has 2 saturated heterocycles. The quantitative estimate of drug-likeness (QED) is 0.753. The van der Waals surface area contributed by atoms with Crippen molar-refractivity contribution in [1.82, 2.24) is 9.80 Å². The van der Waals surface area contributed by atoms with Gasteiger partial charge in [-0.2, -0.15) is 0 Å². The van der Waals surface area contributed by atoms with Gasteiger partial charge in [0.2, 0.25) is 5.91 Å². The fraction of sp³-hybridized carbons (Fsp3) is 0.905. The van der Waals surface area contributed by atoms with E-state index in [1.807, 2.05) is 7.11 Å². The van der Waals surface area contributed by atoms with Gasteiger partial charge in [-0.25, -0.2) is 0 Å². The van der Waals surface area contributed by atoms with Crippen molar-refractivity contribution in [2.45, 2.75) is 64.4 Å². The molecule has 0 aromatic heterocycles. The molecule has 3 rings (SSSR count). The Bertz CT molecular complexity index is 472. The van der Waals surface area contributed by atoms with Gasteiger partial charge in [-0.05, 0) is 64.2 Å². The molecule has 5 nitrogen and oxygen atoms in total. The van der Waals surface area contributed by atoms with E-state index in [-0.39, 0.29) is 11.8 Å². The predicted octanol–water partition coefficient (Wildman–Crippen LogP) is 2.73. The van der Waals surface area contributed by atoms with Crippen molar-refractivity contribution in [2.24, 2.45) is 17.8 Å².